The number of aromatic amines is 1. The second-order valence-corrected chi connectivity index (χ2v) is 7.34. The molecule has 1 fully saturated rings. The van der Waals surface area contributed by atoms with Crippen LogP contribution in [0.1, 0.15) is 39.0 Å². The lowest BCUT2D eigenvalue weighted by molar-refractivity contribution is 0.261. The van der Waals surface area contributed by atoms with Crippen molar-refractivity contribution < 1.29 is 0 Å². The van der Waals surface area contributed by atoms with Crippen LogP contribution in [0.5, 0.6) is 0 Å². The lowest BCUT2D eigenvalue weighted by atomic mass is 9.81. The van der Waals surface area contributed by atoms with E-state index in [1.54, 1.807) is 0 Å². The van der Waals surface area contributed by atoms with E-state index in [0.717, 1.165) is 38.8 Å². The molecule has 0 aliphatic heterocycles. The quantitative estimate of drug-likeness (QED) is 0.781. The van der Waals surface area contributed by atoms with Gasteiger partial charge < -0.3 is 9.55 Å². The van der Waals surface area contributed by atoms with Gasteiger partial charge in [-0.15, -0.1) is 0 Å². The second-order valence-electron chi connectivity index (χ2n) is 6.03. The lowest BCUT2D eigenvalue weighted by Gasteiger charge is -2.26. The summed E-state index contributed by atoms with van der Waals surface area (Å²) < 4.78 is 3.92. The van der Waals surface area contributed by atoms with Gasteiger partial charge in [-0.25, -0.2) is 4.98 Å². The Morgan fingerprint density at radius 3 is 3.15 bits per heavy atom. The molecule has 3 rings (SSSR count). The van der Waals surface area contributed by atoms with Crippen LogP contribution < -0.4 is 0 Å². The zero-order valence-electron chi connectivity index (χ0n) is 11.7. The molecule has 0 saturated heterocycles. The standard InChI is InChI=1S/C15H20BrN3S/c1-10-3-2-4-11(7-10)5-6-19-14-13(18-15(19)20)8-12(16)9-17-14/h8-11H,2-7H2,1H3,(H,18,20). The molecular formula is C15H20BrN3S. The van der Waals surface area contributed by atoms with E-state index in [1.807, 2.05) is 12.3 Å². The van der Waals surface area contributed by atoms with Gasteiger partial charge in [-0.1, -0.05) is 26.2 Å². The summed E-state index contributed by atoms with van der Waals surface area (Å²) in [5, 5.41) is 0. The van der Waals surface area contributed by atoms with E-state index in [1.165, 1.54) is 32.1 Å². The van der Waals surface area contributed by atoms with Crippen molar-refractivity contribution in [1.82, 2.24) is 14.5 Å². The first-order valence-electron chi connectivity index (χ1n) is 7.37. The highest BCUT2D eigenvalue weighted by Gasteiger charge is 2.19. The maximum atomic E-state index is 5.44. The third-order valence-corrected chi connectivity index (χ3v) is 5.14. The summed E-state index contributed by atoms with van der Waals surface area (Å²) in [5.41, 5.74) is 1.99. The van der Waals surface area contributed by atoms with Gasteiger partial charge in [-0.05, 0) is 58.9 Å². The number of nitrogens with one attached hydrogen (secondary N) is 1. The summed E-state index contributed by atoms with van der Waals surface area (Å²) in [7, 11) is 0. The molecule has 2 aromatic rings. The topological polar surface area (TPSA) is 33.6 Å². The Kier molecular flexibility index (Phi) is 4.26. The van der Waals surface area contributed by atoms with Gasteiger partial charge in [0.05, 0.1) is 5.52 Å². The first-order valence-corrected chi connectivity index (χ1v) is 8.57. The van der Waals surface area contributed by atoms with Gasteiger partial charge in [-0.2, -0.15) is 0 Å². The molecule has 0 aromatic carbocycles. The SMILES string of the molecule is CC1CCCC(CCn2c(=S)[nH]c3cc(Br)cnc32)C1. The molecular weight excluding hydrogens is 334 g/mol. The van der Waals surface area contributed by atoms with Crippen LogP contribution in [0.15, 0.2) is 16.7 Å². The number of pyridine rings is 1. The summed E-state index contributed by atoms with van der Waals surface area (Å²) in [6.45, 7) is 3.35. The van der Waals surface area contributed by atoms with Crippen LogP contribution in [0.2, 0.25) is 0 Å². The predicted molar refractivity (Wildman–Crippen MR) is 88.4 cm³/mol. The molecule has 3 nitrogen and oxygen atoms in total. The minimum absolute atomic E-state index is 0.787. The van der Waals surface area contributed by atoms with Crippen molar-refractivity contribution in [2.24, 2.45) is 11.8 Å². The average Bonchev–Trinajstić information content (AvgIpc) is 2.71. The molecule has 20 heavy (non-hydrogen) atoms. The molecule has 2 atom stereocenters. The van der Waals surface area contributed by atoms with Crippen LogP contribution in [0.25, 0.3) is 11.2 Å². The summed E-state index contributed by atoms with van der Waals surface area (Å²) in [6, 6.07) is 2.04. The first kappa shape index (κ1) is 14.3. The van der Waals surface area contributed by atoms with E-state index in [-0.39, 0.29) is 0 Å². The highest BCUT2D eigenvalue weighted by atomic mass is 79.9. The summed E-state index contributed by atoms with van der Waals surface area (Å²) in [4.78, 5) is 7.75. The van der Waals surface area contributed by atoms with Crippen molar-refractivity contribution in [3.05, 3.63) is 21.5 Å². The molecule has 0 amide bonds. The summed E-state index contributed by atoms with van der Waals surface area (Å²) >= 11 is 8.89. The van der Waals surface area contributed by atoms with Gasteiger partial charge in [0.2, 0.25) is 0 Å². The van der Waals surface area contributed by atoms with Crippen LogP contribution in [0.4, 0.5) is 0 Å². The van der Waals surface area contributed by atoms with Gasteiger partial charge in [0.15, 0.2) is 10.4 Å². The van der Waals surface area contributed by atoms with Gasteiger partial charge in [0.25, 0.3) is 0 Å². The van der Waals surface area contributed by atoms with E-state index in [2.05, 4.69) is 37.4 Å². The molecule has 0 spiro atoms. The van der Waals surface area contributed by atoms with Crippen LogP contribution >= 0.6 is 28.1 Å². The zero-order valence-corrected chi connectivity index (χ0v) is 14.1. The molecule has 1 aliphatic rings. The van der Waals surface area contributed by atoms with E-state index in [4.69, 9.17) is 12.2 Å². The fourth-order valence-corrected chi connectivity index (χ4v) is 3.98. The molecule has 0 bridgehead atoms. The number of imidazole rings is 1. The van der Waals surface area contributed by atoms with Crippen LogP contribution in [-0.2, 0) is 6.54 Å². The largest absolute Gasteiger partial charge is 0.329 e. The van der Waals surface area contributed by atoms with Crippen molar-refractivity contribution in [2.75, 3.05) is 0 Å². The molecule has 1 saturated carbocycles. The third kappa shape index (κ3) is 2.98. The lowest BCUT2D eigenvalue weighted by Crippen LogP contribution is -2.15. The Bertz CT molecular complexity index is 661. The maximum absolute atomic E-state index is 5.44. The molecule has 108 valence electrons. The molecule has 2 aromatic heterocycles. The van der Waals surface area contributed by atoms with Crippen molar-refractivity contribution in [3.8, 4) is 0 Å². The number of rotatable bonds is 3. The Morgan fingerprint density at radius 1 is 1.50 bits per heavy atom. The Labute approximate surface area is 132 Å². The summed E-state index contributed by atoms with van der Waals surface area (Å²) in [6.07, 6.45) is 8.58. The smallest absolute Gasteiger partial charge is 0.179 e. The molecule has 5 heteroatoms. The second kappa shape index (κ2) is 5.98. The normalized spacial score (nSPS) is 23.3. The Hall–Kier alpha value is -0.680. The highest BCUT2D eigenvalue weighted by Crippen LogP contribution is 2.31. The predicted octanol–water partition coefficient (Wildman–Crippen LogP) is 5.07. The number of halogens is 1. The minimum Gasteiger partial charge on any atom is -0.329 e. The molecule has 1 N–H and O–H groups in total. The first-order chi connectivity index (χ1) is 9.63. The number of hydrogen-bond acceptors (Lipinski definition) is 2. The number of fused-ring (bicyclic) bond motifs is 1. The number of aromatic nitrogens is 3. The van der Waals surface area contributed by atoms with E-state index >= 15 is 0 Å². The molecule has 0 radical (unpaired) electrons. The fraction of sp³-hybridized carbons (Fsp3) is 0.600. The Balaban J connectivity index is 1.77. The number of hydrogen-bond donors (Lipinski definition) is 1. The van der Waals surface area contributed by atoms with Gasteiger partial charge in [0, 0.05) is 17.2 Å². The molecule has 1 aliphatic carbocycles. The average molecular weight is 354 g/mol. The van der Waals surface area contributed by atoms with E-state index < -0.39 is 0 Å². The van der Waals surface area contributed by atoms with Crippen molar-refractivity contribution in [2.45, 2.75) is 45.6 Å². The molecule has 2 unspecified atom stereocenters. The number of H-pyrrole nitrogens is 1. The van der Waals surface area contributed by atoms with Crippen LogP contribution in [0.3, 0.4) is 0 Å². The van der Waals surface area contributed by atoms with Gasteiger partial charge >= 0.3 is 0 Å². The van der Waals surface area contributed by atoms with Crippen LogP contribution in [-0.4, -0.2) is 14.5 Å². The van der Waals surface area contributed by atoms with E-state index in [0.29, 0.717) is 0 Å². The Morgan fingerprint density at radius 2 is 2.35 bits per heavy atom. The number of nitrogens with zero attached hydrogens (tertiary/aromatic N) is 2. The van der Waals surface area contributed by atoms with Crippen LogP contribution in [0, 0.1) is 16.6 Å². The van der Waals surface area contributed by atoms with Gasteiger partial charge in [0.1, 0.15) is 0 Å². The monoisotopic (exact) mass is 353 g/mol. The molecule has 2 heterocycles. The van der Waals surface area contributed by atoms with Gasteiger partial charge in [-0.3, -0.25) is 0 Å². The zero-order chi connectivity index (χ0) is 14.1. The third-order valence-electron chi connectivity index (χ3n) is 4.38. The van der Waals surface area contributed by atoms with Crippen molar-refractivity contribution >= 4 is 39.3 Å². The van der Waals surface area contributed by atoms with Crippen molar-refractivity contribution in [1.29, 1.82) is 0 Å². The highest BCUT2D eigenvalue weighted by molar-refractivity contribution is 9.10. The minimum atomic E-state index is 0.787. The van der Waals surface area contributed by atoms with Crippen molar-refractivity contribution in [3.63, 3.8) is 0 Å². The number of aryl methyl sites for hydroxylation is 1. The maximum Gasteiger partial charge on any atom is 0.179 e. The summed E-state index contributed by atoms with van der Waals surface area (Å²) in [5.74, 6) is 1.74. The fourth-order valence-electron chi connectivity index (χ4n) is 3.36. The van der Waals surface area contributed by atoms with E-state index in [9.17, 15) is 0 Å².